The molecule has 0 bridgehead atoms. The van der Waals surface area contributed by atoms with Crippen LogP contribution in [0.1, 0.15) is 5.69 Å². The van der Waals surface area contributed by atoms with Crippen LogP contribution >= 0.6 is 0 Å². The molecule has 0 amide bonds. The minimum absolute atomic E-state index is 0.160. The first-order valence-electron chi connectivity index (χ1n) is 6.23. The van der Waals surface area contributed by atoms with Gasteiger partial charge in [-0.25, -0.2) is 4.98 Å². The third-order valence-corrected chi connectivity index (χ3v) is 2.56. The third kappa shape index (κ3) is 4.40. The van der Waals surface area contributed by atoms with Gasteiger partial charge in [-0.15, -0.1) is 0 Å². The van der Waals surface area contributed by atoms with Gasteiger partial charge in [0.05, 0.1) is 36.9 Å². The minimum atomic E-state index is 0.160. The van der Waals surface area contributed by atoms with E-state index in [1.54, 1.807) is 31.5 Å². The summed E-state index contributed by atoms with van der Waals surface area (Å²) in [4.78, 5) is 8.27. The molecule has 0 saturated carbocycles. The van der Waals surface area contributed by atoms with Crippen molar-refractivity contribution < 1.29 is 14.6 Å². The number of aromatic nitrogens is 2. The van der Waals surface area contributed by atoms with E-state index in [9.17, 15) is 0 Å². The summed E-state index contributed by atoms with van der Waals surface area (Å²) in [6.07, 6.45) is 3.12. The Balaban J connectivity index is 1.82. The fourth-order valence-corrected chi connectivity index (χ4v) is 1.51. The molecule has 0 spiro atoms. The Morgan fingerprint density at radius 3 is 2.65 bits per heavy atom. The highest BCUT2D eigenvalue weighted by atomic mass is 16.5. The van der Waals surface area contributed by atoms with Gasteiger partial charge in [0.1, 0.15) is 12.4 Å². The summed E-state index contributed by atoms with van der Waals surface area (Å²) >= 11 is 0. The summed E-state index contributed by atoms with van der Waals surface area (Å²) < 4.78 is 10.3. The predicted molar refractivity (Wildman–Crippen MR) is 74.8 cm³/mol. The van der Waals surface area contributed by atoms with Crippen molar-refractivity contribution in [2.24, 2.45) is 0 Å². The quantitative estimate of drug-likeness (QED) is 0.751. The van der Waals surface area contributed by atoms with Gasteiger partial charge in [0.15, 0.2) is 0 Å². The summed E-state index contributed by atoms with van der Waals surface area (Å²) in [5, 5.41) is 12.3. The Hall–Kier alpha value is -2.34. The van der Waals surface area contributed by atoms with E-state index < -0.39 is 0 Å². The standard InChI is InChI=1S/C14H17N3O3/c1-19-6-7-20-14-5-3-12(9-17-14)15-8-11-2-4-13(18)10-16-11/h2-5,9-10,15,18H,6-8H2,1H3. The molecule has 0 aliphatic heterocycles. The van der Waals surface area contributed by atoms with Crippen LogP contribution in [0, 0.1) is 0 Å². The number of aromatic hydroxyl groups is 1. The Labute approximate surface area is 117 Å². The maximum Gasteiger partial charge on any atom is 0.213 e. The van der Waals surface area contributed by atoms with E-state index in [-0.39, 0.29) is 5.75 Å². The molecule has 2 aromatic heterocycles. The van der Waals surface area contributed by atoms with E-state index in [2.05, 4.69) is 15.3 Å². The van der Waals surface area contributed by atoms with Crippen molar-refractivity contribution in [1.29, 1.82) is 0 Å². The van der Waals surface area contributed by atoms with Crippen LogP contribution in [0.15, 0.2) is 36.7 Å². The topological polar surface area (TPSA) is 76.5 Å². The van der Waals surface area contributed by atoms with Crippen molar-refractivity contribution >= 4 is 5.69 Å². The first kappa shape index (κ1) is 14.1. The van der Waals surface area contributed by atoms with Crippen molar-refractivity contribution in [3.63, 3.8) is 0 Å². The molecule has 6 heteroatoms. The first-order valence-corrected chi connectivity index (χ1v) is 6.23. The summed E-state index contributed by atoms with van der Waals surface area (Å²) in [5.41, 5.74) is 1.71. The zero-order valence-corrected chi connectivity index (χ0v) is 11.2. The Morgan fingerprint density at radius 2 is 2.00 bits per heavy atom. The lowest BCUT2D eigenvalue weighted by atomic mass is 10.3. The molecule has 0 radical (unpaired) electrons. The zero-order chi connectivity index (χ0) is 14.2. The van der Waals surface area contributed by atoms with Gasteiger partial charge in [-0.3, -0.25) is 4.98 Å². The van der Waals surface area contributed by atoms with Gasteiger partial charge in [0.2, 0.25) is 5.88 Å². The molecular weight excluding hydrogens is 258 g/mol. The second-order valence-corrected chi connectivity index (χ2v) is 4.09. The zero-order valence-electron chi connectivity index (χ0n) is 11.2. The average molecular weight is 275 g/mol. The van der Waals surface area contributed by atoms with Gasteiger partial charge in [0.25, 0.3) is 0 Å². The van der Waals surface area contributed by atoms with E-state index in [1.807, 2.05) is 6.07 Å². The van der Waals surface area contributed by atoms with Crippen LogP contribution in [0.5, 0.6) is 11.6 Å². The highest BCUT2D eigenvalue weighted by molar-refractivity contribution is 5.42. The molecule has 0 saturated heterocycles. The number of nitrogens with zero attached hydrogens (tertiary/aromatic N) is 2. The van der Waals surface area contributed by atoms with Crippen molar-refractivity contribution in [3.8, 4) is 11.6 Å². The minimum Gasteiger partial charge on any atom is -0.506 e. The molecule has 0 atom stereocenters. The lowest BCUT2D eigenvalue weighted by Gasteiger charge is -2.07. The normalized spacial score (nSPS) is 10.2. The first-order chi connectivity index (χ1) is 9.78. The monoisotopic (exact) mass is 275 g/mol. The van der Waals surface area contributed by atoms with Crippen molar-refractivity contribution in [2.45, 2.75) is 6.54 Å². The molecule has 6 nitrogen and oxygen atoms in total. The van der Waals surface area contributed by atoms with E-state index in [1.165, 1.54) is 6.20 Å². The van der Waals surface area contributed by atoms with Crippen LogP contribution in [-0.2, 0) is 11.3 Å². The van der Waals surface area contributed by atoms with Gasteiger partial charge in [-0.2, -0.15) is 0 Å². The number of methoxy groups -OCH3 is 1. The summed E-state index contributed by atoms with van der Waals surface area (Å²) in [5.74, 6) is 0.725. The molecule has 106 valence electrons. The number of anilines is 1. The number of rotatable bonds is 7. The fourth-order valence-electron chi connectivity index (χ4n) is 1.51. The molecule has 2 N–H and O–H groups in total. The largest absolute Gasteiger partial charge is 0.506 e. The van der Waals surface area contributed by atoms with Crippen LogP contribution in [0.2, 0.25) is 0 Å². The SMILES string of the molecule is COCCOc1ccc(NCc2ccc(O)cn2)cn1. The van der Waals surface area contributed by atoms with E-state index in [0.29, 0.717) is 25.6 Å². The van der Waals surface area contributed by atoms with Crippen LogP contribution < -0.4 is 10.1 Å². The van der Waals surface area contributed by atoms with Crippen molar-refractivity contribution in [3.05, 3.63) is 42.4 Å². The van der Waals surface area contributed by atoms with Gasteiger partial charge in [0, 0.05) is 13.2 Å². The number of hydrogen-bond donors (Lipinski definition) is 2. The van der Waals surface area contributed by atoms with E-state index in [4.69, 9.17) is 14.6 Å². The van der Waals surface area contributed by atoms with Crippen LogP contribution in [0.25, 0.3) is 0 Å². The average Bonchev–Trinajstić information content (AvgIpc) is 2.48. The lowest BCUT2D eigenvalue weighted by Crippen LogP contribution is -2.06. The molecule has 0 aliphatic rings. The Bertz CT molecular complexity index is 514. The highest BCUT2D eigenvalue weighted by Crippen LogP contribution is 2.13. The number of ether oxygens (including phenoxy) is 2. The Morgan fingerprint density at radius 1 is 1.10 bits per heavy atom. The highest BCUT2D eigenvalue weighted by Gasteiger charge is 1.98. The molecule has 20 heavy (non-hydrogen) atoms. The van der Waals surface area contributed by atoms with Crippen molar-refractivity contribution in [2.75, 3.05) is 25.6 Å². The summed E-state index contributed by atoms with van der Waals surface area (Å²) in [6, 6.07) is 7.05. The van der Waals surface area contributed by atoms with Crippen molar-refractivity contribution in [1.82, 2.24) is 9.97 Å². The number of pyridine rings is 2. The molecule has 2 heterocycles. The van der Waals surface area contributed by atoms with Gasteiger partial charge in [-0.05, 0) is 18.2 Å². The molecule has 2 rings (SSSR count). The fraction of sp³-hybridized carbons (Fsp3) is 0.286. The van der Waals surface area contributed by atoms with Gasteiger partial charge in [-0.1, -0.05) is 0 Å². The van der Waals surface area contributed by atoms with E-state index in [0.717, 1.165) is 11.4 Å². The molecule has 0 aliphatic carbocycles. The van der Waals surface area contributed by atoms with Crippen LogP contribution in [0.3, 0.4) is 0 Å². The second kappa shape index (κ2) is 7.30. The maximum atomic E-state index is 9.15. The maximum absolute atomic E-state index is 9.15. The van der Waals surface area contributed by atoms with E-state index >= 15 is 0 Å². The van der Waals surface area contributed by atoms with Crippen LogP contribution in [0.4, 0.5) is 5.69 Å². The van der Waals surface area contributed by atoms with Gasteiger partial charge >= 0.3 is 0 Å². The second-order valence-electron chi connectivity index (χ2n) is 4.09. The van der Waals surface area contributed by atoms with Gasteiger partial charge < -0.3 is 19.9 Å². The lowest BCUT2D eigenvalue weighted by molar-refractivity contribution is 0.144. The molecule has 0 aromatic carbocycles. The molecular formula is C14H17N3O3. The number of hydrogen-bond acceptors (Lipinski definition) is 6. The Kier molecular flexibility index (Phi) is 5.14. The third-order valence-electron chi connectivity index (χ3n) is 2.56. The molecule has 2 aromatic rings. The smallest absolute Gasteiger partial charge is 0.213 e. The summed E-state index contributed by atoms with van der Waals surface area (Å²) in [7, 11) is 1.63. The van der Waals surface area contributed by atoms with Crippen LogP contribution in [-0.4, -0.2) is 35.4 Å². The molecule has 0 fully saturated rings. The molecule has 0 unspecified atom stereocenters. The number of nitrogens with one attached hydrogen (secondary N) is 1. The summed E-state index contributed by atoms with van der Waals surface area (Å²) in [6.45, 7) is 1.58. The predicted octanol–water partition coefficient (Wildman–Crippen LogP) is 1.82.